The number of hydrogen-bond acceptors (Lipinski definition) is 3. The third-order valence-electron chi connectivity index (χ3n) is 8.53. The van der Waals surface area contributed by atoms with Gasteiger partial charge in [-0.05, 0) is 60.7 Å². The topological polar surface area (TPSA) is 66.5 Å². The first-order valence-corrected chi connectivity index (χ1v) is 15.3. The summed E-state index contributed by atoms with van der Waals surface area (Å²) < 4.78 is 0. The molecule has 1 aliphatic carbocycles. The molecule has 218 valence electrons. The molecule has 4 aromatic carbocycles. The van der Waals surface area contributed by atoms with Crippen molar-refractivity contribution < 1.29 is 14.4 Å². The van der Waals surface area contributed by atoms with Gasteiger partial charge in [-0.15, -0.1) is 0 Å². The fourth-order valence-electron chi connectivity index (χ4n) is 6.22. The van der Waals surface area contributed by atoms with E-state index in [0.29, 0.717) is 22.2 Å². The molecule has 1 saturated heterocycles. The molecular weight excluding hydrogens is 579 g/mol. The van der Waals surface area contributed by atoms with Gasteiger partial charge in [-0.25, -0.2) is 0 Å². The van der Waals surface area contributed by atoms with Gasteiger partial charge in [0.1, 0.15) is 6.04 Å². The summed E-state index contributed by atoms with van der Waals surface area (Å²) in [5.41, 5.74) is 4.15. The van der Waals surface area contributed by atoms with Crippen LogP contribution in [0.4, 0.5) is 0 Å². The fourth-order valence-corrected chi connectivity index (χ4v) is 6.47. The molecule has 7 heteroatoms. The van der Waals surface area contributed by atoms with Crippen LogP contribution in [0, 0.1) is 18.8 Å². The lowest BCUT2D eigenvalue weighted by molar-refractivity contribution is -0.142. The predicted octanol–water partition coefficient (Wildman–Crippen LogP) is 7.56. The Hall–Kier alpha value is -3.93. The molecule has 43 heavy (non-hydrogen) atoms. The quantitative estimate of drug-likeness (QED) is 0.209. The van der Waals surface area contributed by atoms with Crippen molar-refractivity contribution in [1.82, 2.24) is 10.2 Å². The molecule has 0 spiro atoms. The summed E-state index contributed by atoms with van der Waals surface area (Å²) in [5.74, 6) is -2.04. The maximum absolute atomic E-state index is 14.6. The van der Waals surface area contributed by atoms with Crippen molar-refractivity contribution in [3.8, 4) is 0 Å². The molecule has 2 fully saturated rings. The van der Waals surface area contributed by atoms with Crippen LogP contribution in [-0.4, -0.2) is 28.5 Å². The number of halogens is 2. The average Bonchev–Trinajstić information content (AvgIpc) is 3.82. The Bertz CT molecular complexity index is 1620. The zero-order chi connectivity index (χ0) is 30.1. The standard InChI is InChI=1S/C36H32Cl2N2O3/c1-22-7-9-23(10-8-22)21-39-35(42)33-30(24-13-17-28(37)18-14-24)31(34(41)26-5-3-2-4-6-26)32(25-15-19-29(38)20-16-25)40(33)36(43)27-11-12-27/h2-10,13-20,27,30-33H,11-12,21H2,1H3,(H,39,42). The second-order valence-corrected chi connectivity index (χ2v) is 12.4. The zero-order valence-corrected chi connectivity index (χ0v) is 25.3. The minimum atomic E-state index is -0.918. The fraction of sp³-hybridized carbons (Fsp3) is 0.250. The molecule has 0 radical (unpaired) electrons. The van der Waals surface area contributed by atoms with Crippen molar-refractivity contribution >= 4 is 40.8 Å². The maximum Gasteiger partial charge on any atom is 0.243 e. The highest BCUT2D eigenvalue weighted by Crippen LogP contribution is 2.53. The molecular formula is C36H32Cl2N2O3. The van der Waals surface area contributed by atoms with Crippen LogP contribution in [0.3, 0.4) is 0 Å². The smallest absolute Gasteiger partial charge is 0.243 e. The molecule has 1 N–H and O–H groups in total. The number of benzene rings is 4. The first-order chi connectivity index (χ1) is 20.8. The number of rotatable bonds is 8. The van der Waals surface area contributed by atoms with Crippen LogP contribution in [0.15, 0.2) is 103 Å². The number of ketones is 1. The van der Waals surface area contributed by atoms with E-state index in [2.05, 4.69) is 5.32 Å². The van der Waals surface area contributed by atoms with Crippen LogP contribution in [0.1, 0.15) is 57.4 Å². The van der Waals surface area contributed by atoms with E-state index in [9.17, 15) is 14.4 Å². The summed E-state index contributed by atoms with van der Waals surface area (Å²) in [6, 6.07) is 30.0. The first-order valence-electron chi connectivity index (χ1n) is 14.6. The SMILES string of the molecule is Cc1ccc(CNC(=O)C2C(c3ccc(Cl)cc3)C(C(=O)c3ccccc3)C(c3ccc(Cl)cc3)N2C(=O)C2CC2)cc1. The lowest BCUT2D eigenvalue weighted by Crippen LogP contribution is -2.49. The molecule has 2 amide bonds. The van der Waals surface area contributed by atoms with Gasteiger partial charge < -0.3 is 10.2 Å². The molecule has 5 nitrogen and oxygen atoms in total. The van der Waals surface area contributed by atoms with Crippen molar-refractivity contribution in [2.45, 2.75) is 44.3 Å². The highest BCUT2D eigenvalue weighted by Gasteiger charge is 2.58. The van der Waals surface area contributed by atoms with E-state index in [-0.39, 0.29) is 23.5 Å². The second-order valence-electron chi connectivity index (χ2n) is 11.5. The molecule has 0 bridgehead atoms. The van der Waals surface area contributed by atoms with Gasteiger partial charge in [0.05, 0.1) is 12.0 Å². The zero-order valence-electron chi connectivity index (χ0n) is 23.8. The van der Waals surface area contributed by atoms with Crippen LogP contribution in [0.5, 0.6) is 0 Å². The number of Topliss-reactive ketones (excluding diaryl/α,β-unsaturated/α-hetero) is 1. The number of amides is 2. The van der Waals surface area contributed by atoms with E-state index in [0.717, 1.165) is 35.1 Å². The monoisotopic (exact) mass is 610 g/mol. The van der Waals surface area contributed by atoms with Gasteiger partial charge in [0.25, 0.3) is 0 Å². The van der Waals surface area contributed by atoms with Crippen molar-refractivity contribution in [2.75, 3.05) is 0 Å². The largest absolute Gasteiger partial charge is 0.350 e. The van der Waals surface area contributed by atoms with E-state index in [1.54, 1.807) is 41.3 Å². The Balaban J connectivity index is 1.51. The third kappa shape index (κ3) is 6.11. The lowest BCUT2D eigenvalue weighted by Gasteiger charge is -2.32. The Morgan fingerprint density at radius 2 is 1.35 bits per heavy atom. The Kier molecular flexibility index (Phi) is 8.38. The van der Waals surface area contributed by atoms with Crippen molar-refractivity contribution in [3.63, 3.8) is 0 Å². The molecule has 1 aliphatic heterocycles. The van der Waals surface area contributed by atoms with E-state index >= 15 is 0 Å². The molecule has 0 aromatic heterocycles. The third-order valence-corrected chi connectivity index (χ3v) is 9.04. The van der Waals surface area contributed by atoms with Crippen LogP contribution in [-0.2, 0) is 16.1 Å². The summed E-state index contributed by atoms with van der Waals surface area (Å²) in [5, 5.41) is 4.20. The van der Waals surface area contributed by atoms with Gasteiger partial charge >= 0.3 is 0 Å². The molecule has 4 unspecified atom stereocenters. The highest BCUT2D eigenvalue weighted by atomic mass is 35.5. The summed E-state index contributed by atoms with van der Waals surface area (Å²) in [6.07, 6.45) is 1.53. The molecule has 4 atom stereocenters. The highest BCUT2D eigenvalue weighted by molar-refractivity contribution is 6.30. The average molecular weight is 612 g/mol. The van der Waals surface area contributed by atoms with Gasteiger partial charge in [-0.2, -0.15) is 0 Å². The van der Waals surface area contributed by atoms with Gasteiger partial charge in [-0.3, -0.25) is 14.4 Å². The van der Waals surface area contributed by atoms with Crippen LogP contribution in [0.25, 0.3) is 0 Å². The van der Waals surface area contributed by atoms with Gasteiger partial charge in [-0.1, -0.05) is 108 Å². The maximum atomic E-state index is 14.6. The van der Waals surface area contributed by atoms with Crippen LogP contribution < -0.4 is 5.32 Å². The Labute approximate surface area is 261 Å². The minimum Gasteiger partial charge on any atom is -0.350 e. The van der Waals surface area contributed by atoms with E-state index in [1.807, 2.05) is 73.7 Å². The first kappa shape index (κ1) is 29.2. The van der Waals surface area contributed by atoms with Gasteiger partial charge in [0, 0.05) is 34.0 Å². The van der Waals surface area contributed by atoms with Crippen LogP contribution in [0.2, 0.25) is 10.0 Å². The summed E-state index contributed by atoms with van der Waals surface area (Å²) >= 11 is 12.6. The number of nitrogens with zero attached hydrogens (tertiary/aromatic N) is 1. The Morgan fingerprint density at radius 1 is 0.767 bits per heavy atom. The predicted molar refractivity (Wildman–Crippen MR) is 169 cm³/mol. The van der Waals surface area contributed by atoms with E-state index in [1.165, 1.54) is 0 Å². The van der Waals surface area contributed by atoms with E-state index in [4.69, 9.17) is 23.2 Å². The Morgan fingerprint density at radius 3 is 1.93 bits per heavy atom. The molecule has 2 aliphatic rings. The summed E-state index contributed by atoms with van der Waals surface area (Å²) in [7, 11) is 0. The minimum absolute atomic E-state index is 0.0993. The normalized spacial score (nSPS) is 21.4. The lowest BCUT2D eigenvalue weighted by atomic mass is 9.76. The number of carbonyl (C=O) groups excluding carboxylic acids is 3. The number of hydrogen-bond donors (Lipinski definition) is 1. The molecule has 4 aromatic rings. The number of aryl methyl sites for hydroxylation is 1. The molecule has 1 saturated carbocycles. The van der Waals surface area contributed by atoms with Crippen molar-refractivity contribution in [2.24, 2.45) is 11.8 Å². The summed E-state index contributed by atoms with van der Waals surface area (Å²) in [6.45, 7) is 2.32. The van der Waals surface area contributed by atoms with Crippen molar-refractivity contribution in [1.29, 1.82) is 0 Å². The second kappa shape index (κ2) is 12.4. The molecule has 6 rings (SSSR count). The number of likely N-dealkylation sites (tertiary alicyclic amines) is 1. The van der Waals surface area contributed by atoms with Crippen LogP contribution >= 0.6 is 23.2 Å². The summed E-state index contributed by atoms with van der Waals surface area (Å²) in [4.78, 5) is 44.8. The number of nitrogens with one attached hydrogen (secondary N) is 1. The van der Waals surface area contributed by atoms with Gasteiger partial charge in [0.15, 0.2) is 5.78 Å². The number of carbonyl (C=O) groups is 3. The van der Waals surface area contributed by atoms with Crippen molar-refractivity contribution in [3.05, 3.63) is 141 Å². The molecule has 1 heterocycles. The van der Waals surface area contributed by atoms with Gasteiger partial charge in [0.2, 0.25) is 11.8 Å². The van der Waals surface area contributed by atoms with E-state index < -0.39 is 23.9 Å².